The van der Waals surface area contributed by atoms with Gasteiger partial charge < -0.3 is 4.57 Å². The Labute approximate surface area is 120 Å². The second kappa shape index (κ2) is 5.96. The van der Waals surface area contributed by atoms with E-state index in [0.717, 1.165) is 23.8 Å². The molecular formula is C16H23ClN2. The van der Waals surface area contributed by atoms with Crippen molar-refractivity contribution in [3.05, 3.63) is 29.6 Å². The lowest BCUT2D eigenvalue weighted by Gasteiger charge is -2.11. The van der Waals surface area contributed by atoms with E-state index in [4.69, 9.17) is 11.6 Å². The Hall–Kier alpha value is -1.02. The number of halogens is 1. The Balaban J connectivity index is 2.36. The first-order chi connectivity index (χ1) is 8.99. The summed E-state index contributed by atoms with van der Waals surface area (Å²) in [5.41, 5.74) is 3.54. The van der Waals surface area contributed by atoms with E-state index in [2.05, 4.69) is 48.5 Å². The minimum Gasteiger partial charge on any atom is -0.327 e. The molecule has 2 aromatic rings. The molecule has 2 nitrogen and oxygen atoms in total. The highest BCUT2D eigenvalue weighted by atomic mass is 35.5. The molecule has 0 aliphatic carbocycles. The number of rotatable bonds is 5. The van der Waals surface area contributed by atoms with E-state index in [-0.39, 0.29) is 5.38 Å². The highest BCUT2D eigenvalue weighted by molar-refractivity contribution is 6.20. The van der Waals surface area contributed by atoms with Gasteiger partial charge in [0.15, 0.2) is 0 Å². The highest BCUT2D eigenvalue weighted by Gasteiger charge is 2.14. The molecule has 0 spiro atoms. The zero-order valence-corrected chi connectivity index (χ0v) is 13.0. The summed E-state index contributed by atoms with van der Waals surface area (Å²) in [7, 11) is 0. The maximum Gasteiger partial charge on any atom is 0.127 e. The third-order valence-electron chi connectivity index (χ3n) is 3.45. The van der Waals surface area contributed by atoms with E-state index in [1.807, 2.05) is 6.92 Å². The van der Waals surface area contributed by atoms with Crippen LogP contribution in [0.1, 0.15) is 50.4 Å². The van der Waals surface area contributed by atoms with Gasteiger partial charge in [-0.2, -0.15) is 0 Å². The average molecular weight is 279 g/mol. The monoisotopic (exact) mass is 278 g/mol. The summed E-state index contributed by atoms with van der Waals surface area (Å²) in [6.07, 6.45) is 2.41. The molecule has 19 heavy (non-hydrogen) atoms. The summed E-state index contributed by atoms with van der Waals surface area (Å²) in [5, 5.41) is -0.0493. The van der Waals surface area contributed by atoms with Crippen LogP contribution in [0.3, 0.4) is 0 Å². The number of hydrogen-bond donors (Lipinski definition) is 0. The molecule has 2 rings (SSSR count). The lowest BCUT2D eigenvalue weighted by molar-refractivity contribution is 0.509. The van der Waals surface area contributed by atoms with Gasteiger partial charge in [0.2, 0.25) is 0 Å². The fourth-order valence-corrected chi connectivity index (χ4v) is 2.61. The fourth-order valence-electron chi connectivity index (χ4n) is 2.45. The first-order valence-corrected chi connectivity index (χ1v) is 7.53. The largest absolute Gasteiger partial charge is 0.327 e. The molecule has 1 unspecified atom stereocenters. The summed E-state index contributed by atoms with van der Waals surface area (Å²) in [5.74, 6) is 1.74. The summed E-state index contributed by atoms with van der Waals surface area (Å²) >= 11 is 6.28. The number of aryl methyl sites for hydroxylation is 2. The minimum absolute atomic E-state index is 0.0493. The van der Waals surface area contributed by atoms with Crippen molar-refractivity contribution in [3.8, 4) is 0 Å². The molecule has 0 N–H and O–H groups in total. The molecule has 1 heterocycles. The van der Waals surface area contributed by atoms with Crippen molar-refractivity contribution in [2.24, 2.45) is 5.92 Å². The van der Waals surface area contributed by atoms with E-state index in [9.17, 15) is 0 Å². The van der Waals surface area contributed by atoms with E-state index in [1.54, 1.807) is 0 Å². The molecule has 0 radical (unpaired) electrons. The van der Waals surface area contributed by atoms with Gasteiger partial charge in [-0.15, -0.1) is 11.6 Å². The number of imidazole rings is 1. The number of nitrogens with zero attached hydrogens (tertiary/aromatic N) is 2. The minimum atomic E-state index is -0.0493. The van der Waals surface area contributed by atoms with Crippen molar-refractivity contribution in [3.63, 3.8) is 0 Å². The highest BCUT2D eigenvalue weighted by Crippen LogP contribution is 2.26. The quantitative estimate of drug-likeness (QED) is 0.697. The van der Waals surface area contributed by atoms with Gasteiger partial charge in [-0.25, -0.2) is 4.98 Å². The lowest BCUT2D eigenvalue weighted by Crippen LogP contribution is -2.05. The number of alkyl halides is 1. The second-order valence-corrected chi connectivity index (χ2v) is 6.42. The van der Waals surface area contributed by atoms with Crippen LogP contribution >= 0.6 is 11.6 Å². The van der Waals surface area contributed by atoms with Gasteiger partial charge in [0.05, 0.1) is 16.4 Å². The standard InChI is InChI=1S/C16H23ClN2/c1-11(2)6-5-9-19-15-10-12(3)7-8-14(15)18-16(19)13(4)17/h7-8,10-11,13H,5-6,9H2,1-4H3. The van der Waals surface area contributed by atoms with E-state index in [1.165, 1.54) is 23.9 Å². The second-order valence-electron chi connectivity index (χ2n) is 5.77. The van der Waals surface area contributed by atoms with Gasteiger partial charge >= 0.3 is 0 Å². The van der Waals surface area contributed by atoms with Crippen molar-refractivity contribution < 1.29 is 0 Å². The van der Waals surface area contributed by atoms with Crippen LogP contribution in [-0.2, 0) is 6.54 Å². The number of fused-ring (bicyclic) bond motifs is 1. The maximum atomic E-state index is 6.28. The molecule has 1 aromatic heterocycles. The Bertz CT molecular complexity index is 555. The van der Waals surface area contributed by atoms with Crippen LogP contribution in [0.25, 0.3) is 11.0 Å². The van der Waals surface area contributed by atoms with Crippen LogP contribution in [0.2, 0.25) is 0 Å². The molecule has 0 saturated carbocycles. The molecule has 0 fully saturated rings. The lowest BCUT2D eigenvalue weighted by atomic mass is 10.1. The molecule has 1 atom stereocenters. The molecule has 0 bridgehead atoms. The number of aromatic nitrogens is 2. The van der Waals surface area contributed by atoms with Gasteiger partial charge in [0, 0.05) is 6.54 Å². The molecule has 1 aromatic carbocycles. The zero-order valence-electron chi connectivity index (χ0n) is 12.3. The Morgan fingerprint density at radius 1 is 1.26 bits per heavy atom. The van der Waals surface area contributed by atoms with Crippen LogP contribution in [0, 0.1) is 12.8 Å². The Morgan fingerprint density at radius 2 is 2.00 bits per heavy atom. The Kier molecular flexibility index (Phi) is 4.51. The molecule has 0 amide bonds. The zero-order chi connectivity index (χ0) is 14.0. The predicted molar refractivity (Wildman–Crippen MR) is 82.8 cm³/mol. The van der Waals surface area contributed by atoms with Crippen LogP contribution in [0.15, 0.2) is 18.2 Å². The van der Waals surface area contributed by atoms with Crippen molar-refractivity contribution in [1.82, 2.24) is 9.55 Å². The number of benzene rings is 1. The van der Waals surface area contributed by atoms with E-state index < -0.39 is 0 Å². The number of hydrogen-bond acceptors (Lipinski definition) is 1. The maximum absolute atomic E-state index is 6.28. The van der Waals surface area contributed by atoms with Crippen molar-refractivity contribution >= 4 is 22.6 Å². The van der Waals surface area contributed by atoms with Gasteiger partial charge in [0.25, 0.3) is 0 Å². The van der Waals surface area contributed by atoms with Crippen molar-refractivity contribution in [2.45, 2.75) is 52.5 Å². The summed E-state index contributed by atoms with van der Waals surface area (Å²) < 4.78 is 2.29. The van der Waals surface area contributed by atoms with Gasteiger partial charge in [-0.05, 0) is 50.3 Å². The third kappa shape index (κ3) is 3.30. The van der Waals surface area contributed by atoms with Gasteiger partial charge in [0.1, 0.15) is 5.82 Å². The molecule has 3 heteroatoms. The summed E-state index contributed by atoms with van der Waals surface area (Å²) in [6, 6.07) is 6.41. The van der Waals surface area contributed by atoms with E-state index >= 15 is 0 Å². The van der Waals surface area contributed by atoms with E-state index in [0.29, 0.717) is 0 Å². The predicted octanol–water partition coefficient (Wildman–Crippen LogP) is 5.08. The topological polar surface area (TPSA) is 17.8 Å². The molecule has 0 aliphatic heterocycles. The normalized spacial score (nSPS) is 13.4. The fraction of sp³-hybridized carbons (Fsp3) is 0.562. The third-order valence-corrected chi connectivity index (χ3v) is 3.65. The van der Waals surface area contributed by atoms with Crippen molar-refractivity contribution in [1.29, 1.82) is 0 Å². The first-order valence-electron chi connectivity index (χ1n) is 7.10. The Morgan fingerprint density at radius 3 is 2.63 bits per heavy atom. The van der Waals surface area contributed by atoms with Gasteiger partial charge in [-0.1, -0.05) is 19.9 Å². The summed E-state index contributed by atoms with van der Waals surface area (Å²) in [4.78, 5) is 4.68. The molecule has 0 saturated heterocycles. The molecular weight excluding hydrogens is 256 g/mol. The van der Waals surface area contributed by atoms with Crippen molar-refractivity contribution in [2.75, 3.05) is 0 Å². The van der Waals surface area contributed by atoms with Crippen LogP contribution in [-0.4, -0.2) is 9.55 Å². The molecule has 104 valence electrons. The smallest absolute Gasteiger partial charge is 0.127 e. The van der Waals surface area contributed by atoms with Crippen LogP contribution in [0.4, 0.5) is 0 Å². The SMILES string of the molecule is Cc1ccc2nc(C(C)Cl)n(CCCC(C)C)c2c1. The van der Waals surface area contributed by atoms with Gasteiger partial charge in [-0.3, -0.25) is 0 Å². The van der Waals surface area contributed by atoms with Crippen LogP contribution in [0.5, 0.6) is 0 Å². The first kappa shape index (κ1) is 14.4. The average Bonchev–Trinajstić information content (AvgIpc) is 2.67. The molecule has 0 aliphatic rings. The van der Waals surface area contributed by atoms with Crippen LogP contribution < -0.4 is 0 Å². The summed E-state index contributed by atoms with van der Waals surface area (Å²) in [6.45, 7) is 9.65.